The SMILES string of the molecule is CCCN(CCC)c1cc(N2CCc3cc(OC)c(OC)cc3C2)nc(C)n1. The summed E-state index contributed by atoms with van der Waals surface area (Å²) < 4.78 is 10.9. The second-order valence-electron chi connectivity index (χ2n) is 7.27. The van der Waals surface area contributed by atoms with Gasteiger partial charge in [0.1, 0.15) is 17.5 Å². The standard InChI is InChI=1S/C22H32N4O2/c1-6-9-25(10-7-2)21-14-22(24-16(3)23-21)26-11-8-17-12-19(27-4)20(28-5)13-18(17)15-26/h12-14H,6-11,15H2,1-5H3. The number of fused-ring (bicyclic) bond motifs is 1. The summed E-state index contributed by atoms with van der Waals surface area (Å²) in [7, 11) is 3.36. The average molecular weight is 385 g/mol. The van der Waals surface area contributed by atoms with Crippen molar-refractivity contribution in [2.75, 3.05) is 43.7 Å². The van der Waals surface area contributed by atoms with E-state index in [9.17, 15) is 0 Å². The van der Waals surface area contributed by atoms with Crippen molar-refractivity contribution >= 4 is 11.6 Å². The van der Waals surface area contributed by atoms with E-state index in [-0.39, 0.29) is 0 Å². The van der Waals surface area contributed by atoms with E-state index in [4.69, 9.17) is 19.4 Å². The van der Waals surface area contributed by atoms with E-state index in [0.717, 1.165) is 74.4 Å². The fraction of sp³-hybridized carbons (Fsp3) is 0.545. The van der Waals surface area contributed by atoms with Gasteiger partial charge in [0, 0.05) is 32.2 Å². The van der Waals surface area contributed by atoms with Gasteiger partial charge in [-0.3, -0.25) is 0 Å². The lowest BCUT2D eigenvalue weighted by Crippen LogP contribution is -2.32. The lowest BCUT2D eigenvalue weighted by Gasteiger charge is -2.31. The van der Waals surface area contributed by atoms with Crippen molar-refractivity contribution < 1.29 is 9.47 Å². The summed E-state index contributed by atoms with van der Waals surface area (Å²) in [6.45, 7) is 10.2. The van der Waals surface area contributed by atoms with E-state index in [1.54, 1.807) is 14.2 Å². The van der Waals surface area contributed by atoms with Gasteiger partial charge >= 0.3 is 0 Å². The lowest BCUT2D eigenvalue weighted by molar-refractivity contribution is 0.353. The van der Waals surface area contributed by atoms with Gasteiger partial charge in [0.15, 0.2) is 11.5 Å². The topological polar surface area (TPSA) is 50.7 Å². The van der Waals surface area contributed by atoms with E-state index in [0.29, 0.717) is 0 Å². The highest BCUT2D eigenvalue weighted by molar-refractivity contribution is 5.55. The molecule has 0 atom stereocenters. The molecule has 1 aromatic heterocycles. The first-order valence-electron chi connectivity index (χ1n) is 10.2. The van der Waals surface area contributed by atoms with Crippen molar-refractivity contribution in [3.8, 4) is 11.5 Å². The molecule has 0 amide bonds. The minimum atomic E-state index is 0.778. The third-order valence-corrected chi connectivity index (χ3v) is 5.16. The van der Waals surface area contributed by atoms with Crippen LogP contribution in [0.25, 0.3) is 0 Å². The molecule has 1 aliphatic rings. The fourth-order valence-electron chi connectivity index (χ4n) is 3.82. The largest absolute Gasteiger partial charge is 0.493 e. The number of nitrogens with zero attached hydrogens (tertiary/aromatic N) is 4. The minimum absolute atomic E-state index is 0.778. The van der Waals surface area contributed by atoms with Crippen molar-refractivity contribution in [2.45, 2.75) is 46.6 Å². The van der Waals surface area contributed by atoms with E-state index in [1.165, 1.54) is 11.1 Å². The van der Waals surface area contributed by atoms with Crippen LogP contribution in [0.4, 0.5) is 11.6 Å². The number of methoxy groups -OCH3 is 2. The van der Waals surface area contributed by atoms with Gasteiger partial charge in [-0.25, -0.2) is 9.97 Å². The first-order chi connectivity index (χ1) is 13.6. The van der Waals surface area contributed by atoms with Crippen LogP contribution in [0.1, 0.15) is 43.6 Å². The van der Waals surface area contributed by atoms with Gasteiger partial charge in [0.05, 0.1) is 14.2 Å². The first kappa shape index (κ1) is 20.2. The maximum absolute atomic E-state index is 5.49. The lowest BCUT2D eigenvalue weighted by atomic mass is 9.99. The van der Waals surface area contributed by atoms with Gasteiger partial charge in [-0.15, -0.1) is 0 Å². The summed E-state index contributed by atoms with van der Waals surface area (Å²) in [5.74, 6) is 4.43. The zero-order valence-corrected chi connectivity index (χ0v) is 17.8. The van der Waals surface area contributed by atoms with Crippen LogP contribution in [0.5, 0.6) is 11.5 Å². The summed E-state index contributed by atoms with van der Waals surface area (Å²) >= 11 is 0. The highest BCUT2D eigenvalue weighted by atomic mass is 16.5. The number of hydrogen-bond donors (Lipinski definition) is 0. The monoisotopic (exact) mass is 384 g/mol. The molecule has 2 aromatic rings. The van der Waals surface area contributed by atoms with Crippen molar-refractivity contribution in [1.82, 2.24) is 9.97 Å². The van der Waals surface area contributed by atoms with Gasteiger partial charge < -0.3 is 19.3 Å². The maximum Gasteiger partial charge on any atom is 0.161 e. The second kappa shape index (κ2) is 9.13. The summed E-state index contributed by atoms with van der Waals surface area (Å²) in [6, 6.07) is 6.34. The zero-order valence-electron chi connectivity index (χ0n) is 17.8. The summed E-state index contributed by atoms with van der Waals surface area (Å²) in [5.41, 5.74) is 2.58. The molecule has 6 heteroatoms. The molecule has 0 spiro atoms. The van der Waals surface area contributed by atoms with Gasteiger partial charge in [-0.05, 0) is 49.4 Å². The Morgan fingerprint density at radius 2 is 1.61 bits per heavy atom. The third-order valence-electron chi connectivity index (χ3n) is 5.16. The van der Waals surface area contributed by atoms with E-state index < -0.39 is 0 Å². The van der Waals surface area contributed by atoms with Crippen LogP contribution in [0.15, 0.2) is 18.2 Å². The zero-order chi connectivity index (χ0) is 20.1. The molecule has 0 saturated heterocycles. The molecular formula is C22H32N4O2. The van der Waals surface area contributed by atoms with Gasteiger partial charge in [0.2, 0.25) is 0 Å². The summed E-state index contributed by atoms with van der Waals surface area (Å²) in [4.78, 5) is 14.2. The Morgan fingerprint density at radius 3 is 2.21 bits per heavy atom. The Labute approximate surface area is 168 Å². The molecule has 152 valence electrons. The molecule has 0 bridgehead atoms. The fourth-order valence-corrected chi connectivity index (χ4v) is 3.82. The number of aryl methyl sites for hydroxylation is 1. The Balaban J connectivity index is 1.89. The van der Waals surface area contributed by atoms with E-state index in [2.05, 4.69) is 41.8 Å². The van der Waals surface area contributed by atoms with Crippen LogP contribution in [0.2, 0.25) is 0 Å². The minimum Gasteiger partial charge on any atom is -0.493 e. The van der Waals surface area contributed by atoms with Crippen LogP contribution < -0.4 is 19.3 Å². The van der Waals surface area contributed by atoms with Gasteiger partial charge in [0.25, 0.3) is 0 Å². The molecular weight excluding hydrogens is 352 g/mol. The Morgan fingerprint density at radius 1 is 0.964 bits per heavy atom. The Kier molecular flexibility index (Phi) is 6.60. The van der Waals surface area contributed by atoms with Crippen LogP contribution in [-0.2, 0) is 13.0 Å². The first-order valence-corrected chi connectivity index (χ1v) is 10.2. The van der Waals surface area contributed by atoms with Crippen molar-refractivity contribution in [3.05, 3.63) is 35.2 Å². The second-order valence-corrected chi connectivity index (χ2v) is 7.27. The third kappa shape index (κ3) is 4.32. The molecule has 1 aliphatic heterocycles. The molecule has 6 nitrogen and oxygen atoms in total. The predicted molar refractivity (Wildman–Crippen MR) is 114 cm³/mol. The van der Waals surface area contributed by atoms with Gasteiger partial charge in [-0.2, -0.15) is 0 Å². The van der Waals surface area contributed by atoms with Crippen LogP contribution in [-0.4, -0.2) is 43.8 Å². The number of rotatable bonds is 8. The number of ether oxygens (including phenoxy) is 2. The van der Waals surface area contributed by atoms with Gasteiger partial charge in [-0.1, -0.05) is 13.8 Å². The molecule has 3 rings (SSSR count). The maximum atomic E-state index is 5.49. The number of benzene rings is 1. The van der Waals surface area contributed by atoms with Crippen molar-refractivity contribution in [2.24, 2.45) is 0 Å². The van der Waals surface area contributed by atoms with Crippen LogP contribution >= 0.6 is 0 Å². The molecule has 0 fully saturated rings. The number of aromatic nitrogens is 2. The van der Waals surface area contributed by atoms with Crippen molar-refractivity contribution in [1.29, 1.82) is 0 Å². The van der Waals surface area contributed by atoms with E-state index in [1.807, 2.05) is 6.92 Å². The highest BCUT2D eigenvalue weighted by Gasteiger charge is 2.22. The molecule has 2 heterocycles. The number of anilines is 2. The highest BCUT2D eigenvalue weighted by Crippen LogP contribution is 2.34. The molecule has 0 unspecified atom stereocenters. The van der Waals surface area contributed by atoms with Crippen molar-refractivity contribution in [3.63, 3.8) is 0 Å². The number of hydrogen-bond acceptors (Lipinski definition) is 6. The quantitative estimate of drug-likeness (QED) is 0.686. The van der Waals surface area contributed by atoms with Crippen LogP contribution in [0.3, 0.4) is 0 Å². The molecule has 0 saturated carbocycles. The molecule has 28 heavy (non-hydrogen) atoms. The molecule has 0 aliphatic carbocycles. The summed E-state index contributed by atoms with van der Waals surface area (Å²) in [6.07, 6.45) is 3.18. The van der Waals surface area contributed by atoms with E-state index >= 15 is 0 Å². The molecule has 0 radical (unpaired) electrons. The molecule has 1 aromatic carbocycles. The normalized spacial score (nSPS) is 13.2. The summed E-state index contributed by atoms with van der Waals surface area (Å²) in [5, 5.41) is 0. The smallest absolute Gasteiger partial charge is 0.161 e. The Bertz CT molecular complexity index is 803. The predicted octanol–water partition coefficient (Wildman–Crippen LogP) is 3.99. The molecule has 0 N–H and O–H groups in total. The average Bonchev–Trinajstić information content (AvgIpc) is 2.71. The van der Waals surface area contributed by atoms with Crippen LogP contribution in [0, 0.1) is 6.92 Å². The Hall–Kier alpha value is -2.50.